The number of piperidine rings is 1. The number of likely N-dealkylation sites (tertiary alicyclic amines) is 1. The van der Waals surface area contributed by atoms with Crippen LogP contribution in [-0.2, 0) is 6.54 Å². The molecule has 0 saturated carbocycles. The summed E-state index contributed by atoms with van der Waals surface area (Å²) in [5.74, 6) is -0.835. The molecule has 1 fully saturated rings. The largest absolute Gasteiger partial charge is 0.339 e. The van der Waals surface area contributed by atoms with Crippen molar-refractivity contribution >= 4 is 33.2 Å². The van der Waals surface area contributed by atoms with Crippen molar-refractivity contribution in [1.82, 2.24) is 15.2 Å². The van der Waals surface area contributed by atoms with Gasteiger partial charge in [-0.3, -0.25) is 9.78 Å². The number of hydrogen-bond donors (Lipinski definition) is 1. The summed E-state index contributed by atoms with van der Waals surface area (Å²) in [5.41, 5.74) is 0.783. The molecule has 29 heavy (non-hydrogen) atoms. The number of hydrogen-bond acceptors (Lipinski definition) is 3. The fourth-order valence-electron chi connectivity index (χ4n) is 3.65. The predicted octanol–water partition coefficient (Wildman–Crippen LogP) is 1.91. The number of carbonyl (C=O) groups excluding carboxylic acids is 1. The number of amides is 1. The maximum Gasteiger partial charge on any atom is 0.253 e. The molecule has 1 aliphatic heterocycles. The second-order valence-electron chi connectivity index (χ2n) is 8.39. The van der Waals surface area contributed by atoms with Crippen LogP contribution in [0, 0.1) is 12.7 Å². The minimum absolute atomic E-state index is 0.0964. The van der Waals surface area contributed by atoms with Gasteiger partial charge >= 0.3 is 0 Å². The molecule has 1 aliphatic rings. The van der Waals surface area contributed by atoms with Crippen LogP contribution in [0.15, 0.2) is 36.5 Å². The number of aryl methyl sites for hydroxylation is 1. The lowest BCUT2D eigenvalue weighted by Crippen LogP contribution is -2.59. The number of nitrogens with one attached hydrogen (secondary N) is 1. The second-order valence-corrected chi connectivity index (χ2v) is 8.79. The Hall–Kier alpha value is -1.92. The van der Waals surface area contributed by atoms with E-state index in [2.05, 4.69) is 10.3 Å². The summed E-state index contributed by atoms with van der Waals surface area (Å²) in [7, 11) is 3.66. The van der Waals surface area contributed by atoms with Crippen LogP contribution in [0.25, 0.3) is 0 Å². The number of pyridine rings is 1. The SMILES string of the molecule is BC1(B)CN(C(=O)c2ccc(F)c(Cl)c2)CCC1(F)CNCc1ccc(C)cn1. The highest BCUT2D eigenvalue weighted by atomic mass is 35.5. The second kappa shape index (κ2) is 8.44. The third kappa shape index (κ3) is 4.81. The van der Waals surface area contributed by atoms with Gasteiger partial charge in [0.25, 0.3) is 5.91 Å². The van der Waals surface area contributed by atoms with Crippen LogP contribution in [0.2, 0.25) is 10.2 Å². The molecule has 0 radical (unpaired) electrons. The molecule has 1 aromatic carbocycles. The van der Waals surface area contributed by atoms with E-state index in [1.807, 2.05) is 34.7 Å². The van der Waals surface area contributed by atoms with Crippen molar-refractivity contribution in [1.29, 1.82) is 0 Å². The van der Waals surface area contributed by atoms with E-state index in [0.717, 1.165) is 11.3 Å². The fraction of sp³-hybridized carbons (Fsp3) is 0.400. The van der Waals surface area contributed by atoms with Gasteiger partial charge < -0.3 is 10.2 Å². The number of rotatable bonds is 5. The van der Waals surface area contributed by atoms with Crippen molar-refractivity contribution in [3.05, 3.63) is 64.2 Å². The number of nitrogens with zero attached hydrogens (tertiary/aromatic N) is 2. The molecule has 1 atom stereocenters. The fourth-order valence-corrected chi connectivity index (χ4v) is 3.83. The van der Waals surface area contributed by atoms with Gasteiger partial charge in [-0.2, -0.15) is 0 Å². The van der Waals surface area contributed by atoms with Crippen LogP contribution in [0.3, 0.4) is 0 Å². The number of carbonyl (C=O) groups is 1. The Morgan fingerprint density at radius 3 is 2.72 bits per heavy atom. The summed E-state index contributed by atoms with van der Waals surface area (Å²) >= 11 is 5.80. The van der Waals surface area contributed by atoms with E-state index >= 15 is 4.39 Å². The molecular weight excluding hydrogens is 393 g/mol. The van der Waals surface area contributed by atoms with Crippen molar-refractivity contribution in [2.24, 2.45) is 0 Å². The van der Waals surface area contributed by atoms with Gasteiger partial charge in [0.05, 0.1) is 10.7 Å². The quantitative estimate of drug-likeness (QED) is 0.756. The minimum Gasteiger partial charge on any atom is -0.339 e. The number of aromatic nitrogens is 1. The number of alkyl halides is 1. The number of halogens is 3. The standard InChI is InChI=1S/C20H24B2ClF2N3O/c1-13-2-4-15(27-9-13)10-26-11-19(25)6-7-28(12-20(19,21)22)18(29)14-3-5-17(24)16(23)8-14/h2-5,8-9,26H,6-7,10-12,21-22H2,1H3. The molecule has 0 aliphatic carbocycles. The van der Waals surface area contributed by atoms with Crippen LogP contribution in [-0.4, -0.2) is 56.8 Å². The summed E-state index contributed by atoms with van der Waals surface area (Å²) in [4.78, 5) is 18.7. The third-order valence-corrected chi connectivity index (χ3v) is 6.00. The minimum atomic E-state index is -1.46. The Morgan fingerprint density at radius 2 is 2.10 bits per heavy atom. The average Bonchev–Trinajstić information content (AvgIpc) is 2.67. The Labute approximate surface area is 176 Å². The molecule has 152 valence electrons. The van der Waals surface area contributed by atoms with Crippen molar-refractivity contribution in [3.8, 4) is 0 Å². The van der Waals surface area contributed by atoms with Crippen molar-refractivity contribution in [2.75, 3.05) is 19.6 Å². The topological polar surface area (TPSA) is 45.2 Å². The first-order valence-corrected chi connectivity index (χ1v) is 10.0. The van der Waals surface area contributed by atoms with Gasteiger partial charge in [-0.05, 0) is 48.4 Å². The van der Waals surface area contributed by atoms with Gasteiger partial charge in [-0.15, -0.1) is 0 Å². The molecule has 2 heterocycles. The lowest BCUT2D eigenvalue weighted by Gasteiger charge is -2.49. The highest BCUT2D eigenvalue weighted by Crippen LogP contribution is 2.43. The summed E-state index contributed by atoms with van der Waals surface area (Å²) in [5, 5.41) is 2.33. The molecule has 1 saturated heterocycles. The first-order chi connectivity index (χ1) is 13.6. The van der Waals surface area contributed by atoms with E-state index in [9.17, 15) is 9.18 Å². The highest BCUT2D eigenvalue weighted by molar-refractivity contribution is 6.41. The van der Waals surface area contributed by atoms with E-state index < -0.39 is 16.7 Å². The Morgan fingerprint density at radius 1 is 1.34 bits per heavy atom. The molecule has 4 nitrogen and oxygen atoms in total. The van der Waals surface area contributed by atoms with Crippen molar-refractivity contribution in [3.63, 3.8) is 0 Å². The van der Waals surface area contributed by atoms with Crippen LogP contribution in [0.1, 0.15) is 28.0 Å². The number of benzene rings is 1. The zero-order chi connectivity index (χ0) is 21.2. The molecule has 0 bridgehead atoms. The van der Waals surface area contributed by atoms with E-state index in [0.29, 0.717) is 12.1 Å². The lowest BCUT2D eigenvalue weighted by atomic mass is 9.45. The Kier molecular flexibility index (Phi) is 6.34. The molecule has 1 aromatic heterocycles. The van der Waals surface area contributed by atoms with E-state index in [-0.39, 0.29) is 37.0 Å². The zero-order valence-electron chi connectivity index (χ0n) is 16.9. The van der Waals surface area contributed by atoms with Gasteiger partial charge in [-0.25, -0.2) is 8.78 Å². The van der Waals surface area contributed by atoms with Gasteiger partial charge in [0, 0.05) is 37.9 Å². The van der Waals surface area contributed by atoms with Gasteiger partial charge in [-0.1, -0.05) is 17.7 Å². The molecular formula is C20H24B2ClF2N3O. The maximum absolute atomic E-state index is 15.8. The Balaban J connectivity index is 1.63. The zero-order valence-corrected chi connectivity index (χ0v) is 17.7. The van der Waals surface area contributed by atoms with Crippen molar-refractivity contribution < 1.29 is 13.6 Å². The van der Waals surface area contributed by atoms with Crippen LogP contribution < -0.4 is 5.32 Å². The van der Waals surface area contributed by atoms with E-state index in [1.54, 1.807) is 11.1 Å². The van der Waals surface area contributed by atoms with Gasteiger partial charge in [0.15, 0.2) is 0 Å². The van der Waals surface area contributed by atoms with Crippen molar-refractivity contribution in [2.45, 2.75) is 30.8 Å². The van der Waals surface area contributed by atoms with Crippen LogP contribution in [0.5, 0.6) is 0 Å². The smallest absolute Gasteiger partial charge is 0.253 e. The van der Waals surface area contributed by atoms with Gasteiger partial charge in [0.2, 0.25) is 0 Å². The van der Waals surface area contributed by atoms with E-state index in [1.165, 1.54) is 18.2 Å². The van der Waals surface area contributed by atoms with Crippen LogP contribution in [0.4, 0.5) is 8.78 Å². The summed E-state index contributed by atoms with van der Waals surface area (Å²) in [6.45, 7) is 3.19. The molecule has 9 heteroatoms. The van der Waals surface area contributed by atoms with Gasteiger partial charge in [0.1, 0.15) is 27.2 Å². The molecule has 2 aromatic rings. The predicted molar refractivity (Wildman–Crippen MR) is 116 cm³/mol. The summed E-state index contributed by atoms with van der Waals surface area (Å²) in [6.07, 6.45) is 2.01. The first-order valence-electron chi connectivity index (χ1n) is 9.67. The first kappa shape index (κ1) is 21.8. The molecule has 0 spiro atoms. The average molecular weight is 418 g/mol. The summed E-state index contributed by atoms with van der Waals surface area (Å²) < 4.78 is 29.2. The normalized spacial score (nSPS) is 21.2. The van der Waals surface area contributed by atoms with E-state index in [4.69, 9.17) is 11.6 Å². The third-order valence-electron chi connectivity index (χ3n) is 5.71. The molecule has 1 N–H and O–H groups in total. The molecule has 3 rings (SSSR count). The maximum atomic E-state index is 15.8. The molecule has 1 unspecified atom stereocenters. The Bertz CT molecular complexity index is 898. The highest BCUT2D eigenvalue weighted by Gasteiger charge is 2.49. The monoisotopic (exact) mass is 417 g/mol. The summed E-state index contributed by atoms with van der Waals surface area (Å²) in [6, 6.07) is 7.80. The van der Waals surface area contributed by atoms with Crippen LogP contribution >= 0.6 is 11.6 Å². The molecule has 1 amide bonds. The lowest BCUT2D eigenvalue weighted by molar-refractivity contribution is 0.0345.